The number of oxazole rings is 1. The fourth-order valence-corrected chi connectivity index (χ4v) is 2.42. The lowest BCUT2D eigenvalue weighted by Crippen LogP contribution is -2.33. The minimum atomic E-state index is 0.0370. The van der Waals surface area contributed by atoms with Crippen molar-refractivity contribution in [2.45, 2.75) is 45.1 Å². The molecule has 0 radical (unpaired) electrons. The van der Waals surface area contributed by atoms with Gasteiger partial charge in [0.1, 0.15) is 5.76 Å². The number of likely N-dealkylation sites (tertiary alicyclic amines) is 1. The van der Waals surface area contributed by atoms with E-state index in [9.17, 15) is 0 Å². The lowest BCUT2D eigenvalue weighted by molar-refractivity contribution is 0.130. The molecular formula is C13H22N2O2. The van der Waals surface area contributed by atoms with Crippen molar-refractivity contribution in [1.82, 2.24) is 9.88 Å². The molecule has 4 heteroatoms. The van der Waals surface area contributed by atoms with E-state index in [1.54, 1.807) is 6.20 Å². The van der Waals surface area contributed by atoms with Gasteiger partial charge in [0.15, 0.2) is 0 Å². The van der Waals surface area contributed by atoms with Crippen LogP contribution in [0.5, 0.6) is 0 Å². The summed E-state index contributed by atoms with van der Waals surface area (Å²) in [6.07, 6.45) is 5.40. The Bertz CT molecular complexity index is 351. The quantitative estimate of drug-likeness (QED) is 0.874. The fraction of sp³-hybridized carbons (Fsp3) is 0.769. The van der Waals surface area contributed by atoms with Crippen molar-refractivity contribution in [2.24, 2.45) is 0 Å². The molecule has 4 nitrogen and oxygen atoms in total. The topological polar surface area (TPSA) is 49.5 Å². The van der Waals surface area contributed by atoms with Crippen LogP contribution < -0.4 is 0 Å². The molecule has 0 saturated carbocycles. The van der Waals surface area contributed by atoms with Gasteiger partial charge in [-0.2, -0.15) is 0 Å². The Kier molecular flexibility index (Phi) is 4.18. The number of piperidine rings is 1. The van der Waals surface area contributed by atoms with Crippen LogP contribution in [0.4, 0.5) is 0 Å². The first kappa shape index (κ1) is 12.6. The van der Waals surface area contributed by atoms with E-state index in [2.05, 4.69) is 16.8 Å². The number of hydrogen-bond donors (Lipinski definition) is 1. The molecule has 0 aromatic carbocycles. The Morgan fingerprint density at radius 2 is 2.41 bits per heavy atom. The predicted octanol–water partition coefficient (Wildman–Crippen LogP) is 2.32. The van der Waals surface area contributed by atoms with Gasteiger partial charge in [-0.3, -0.25) is 4.90 Å². The monoisotopic (exact) mass is 238 g/mol. The van der Waals surface area contributed by atoms with Crippen LogP contribution in [-0.4, -0.2) is 34.7 Å². The van der Waals surface area contributed by atoms with E-state index >= 15 is 0 Å². The third-order valence-electron chi connectivity index (χ3n) is 3.61. The molecule has 1 aromatic heterocycles. The van der Waals surface area contributed by atoms with Crippen molar-refractivity contribution in [3.05, 3.63) is 17.8 Å². The van der Waals surface area contributed by atoms with Crippen molar-refractivity contribution in [2.75, 3.05) is 19.7 Å². The zero-order chi connectivity index (χ0) is 12.3. The second kappa shape index (κ2) is 5.65. The van der Waals surface area contributed by atoms with Crippen LogP contribution in [0.25, 0.3) is 0 Å². The van der Waals surface area contributed by atoms with Gasteiger partial charge in [0.2, 0.25) is 5.89 Å². The summed E-state index contributed by atoms with van der Waals surface area (Å²) in [5, 5.41) is 9.11. The maximum Gasteiger partial charge on any atom is 0.211 e. The average molecular weight is 238 g/mol. The molecule has 2 unspecified atom stereocenters. The predicted molar refractivity (Wildman–Crippen MR) is 65.8 cm³/mol. The Morgan fingerprint density at radius 3 is 3.12 bits per heavy atom. The summed E-state index contributed by atoms with van der Waals surface area (Å²) >= 11 is 0. The van der Waals surface area contributed by atoms with Crippen molar-refractivity contribution >= 4 is 0 Å². The van der Waals surface area contributed by atoms with Crippen LogP contribution >= 0.6 is 0 Å². The van der Waals surface area contributed by atoms with Gasteiger partial charge >= 0.3 is 0 Å². The van der Waals surface area contributed by atoms with Gasteiger partial charge in [-0.25, -0.2) is 4.98 Å². The molecular weight excluding hydrogens is 216 g/mol. The lowest BCUT2D eigenvalue weighted by Gasteiger charge is -2.32. The summed E-state index contributed by atoms with van der Waals surface area (Å²) in [5.74, 6) is 1.65. The zero-order valence-electron chi connectivity index (χ0n) is 10.7. The van der Waals surface area contributed by atoms with Crippen molar-refractivity contribution < 1.29 is 9.52 Å². The SMILES string of the molecule is CCN1CCCCC1c1ncc(C(C)CO)o1. The number of aliphatic hydroxyl groups is 1. The minimum Gasteiger partial charge on any atom is -0.444 e. The molecule has 0 amide bonds. The Hall–Kier alpha value is -0.870. The molecule has 17 heavy (non-hydrogen) atoms. The molecule has 0 bridgehead atoms. The van der Waals surface area contributed by atoms with E-state index in [0.717, 1.165) is 31.2 Å². The molecule has 1 fully saturated rings. The third kappa shape index (κ3) is 2.69. The molecule has 1 N–H and O–H groups in total. The van der Waals surface area contributed by atoms with Crippen molar-refractivity contribution in [1.29, 1.82) is 0 Å². The first-order valence-electron chi connectivity index (χ1n) is 6.56. The first-order chi connectivity index (χ1) is 8.26. The van der Waals surface area contributed by atoms with Crippen molar-refractivity contribution in [3.63, 3.8) is 0 Å². The van der Waals surface area contributed by atoms with E-state index in [1.807, 2.05) is 6.92 Å². The van der Waals surface area contributed by atoms with Crippen LogP contribution in [0.2, 0.25) is 0 Å². The number of hydrogen-bond acceptors (Lipinski definition) is 4. The summed E-state index contributed by atoms with van der Waals surface area (Å²) in [4.78, 5) is 6.81. The summed E-state index contributed by atoms with van der Waals surface area (Å²) in [6, 6.07) is 0.327. The average Bonchev–Trinajstić information content (AvgIpc) is 2.87. The number of aromatic nitrogens is 1. The largest absolute Gasteiger partial charge is 0.444 e. The molecule has 1 aliphatic heterocycles. The molecule has 1 aromatic rings. The molecule has 2 rings (SSSR count). The van der Waals surface area contributed by atoms with Crippen LogP contribution in [0.3, 0.4) is 0 Å². The van der Waals surface area contributed by atoms with Crippen LogP contribution in [-0.2, 0) is 0 Å². The Labute approximate surface area is 103 Å². The lowest BCUT2D eigenvalue weighted by atomic mass is 10.0. The highest BCUT2D eigenvalue weighted by molar-refractivity contribution is 5.04. The Balaban J connectivity index is 2.12. The zero-order valence-corrected chi connectivity index (χ0v) is 10.7. The smallest absolute Gasteiger partial charge is 0.211 e. The number of nitrogens with zero attached hydrogens (tertiary/aromatic N) is 2. The van der Waals surface area contributed by atoms with Gasteiger partial charge in [-0.1, -0.05) is 20.3 Å². The number of rotatable bonds is 4. The Morgan fingerprint density at radius 1 is 1.59 bits per heavy atom. The van der Waals surface area contributed by atoms with Gasteiger partial charge in [0.05, 0.1) is 18.8 Å². The third-order valence-corrected chi connectivity index (χ3v) is 3.61. The molecule has 96 valence electrons. The number of aliphatic hydroxyl groups excluding tert-OH is 1. The summed E-state index contributed by atoms with van der Waals surface area (Å²) < 4.78 is 5.80. The maximum atomic E-state index is 9.11. The van der Waals surface area contributed by atoms with Crippen LogP contribution in [0, 0.1) is 0 Å². The van der Waals surface area contributed by atoms with Crippen LogP contribution in [0.15, 0.2) is 10.6 Å². The van der Waals surface area contributed by atoms with Gasteiger partial charge in [0.25, 0.3) is 0 Å². The van der Waals surface area contributed by atoms with Crippen molar-refractivity contribution in [3.8, 4) is 0 Å². The normalized spacial score (nSPS) is 23.8. The summed E-state index contributed by atoms with van der Waals surface area (Å²) in [7, 11) is 0. The minimum absolute atomic E-state index is 0.0370. The van der Waals surface area contributed by atoms with Gasteiger partial charge in [-0.05, 0) is 25.9 Å². The van der Waals surface area contributed by atoms with E-state index in [1.165, 1.54) is 12.8 Å². The van der Waals surface area contributed by atoms with Gasteiger partial charge in [-0.15, -0.1) is 0 Å². The summed E-state index contributed by atoms with van der Waals surface area (Å²) in [5.41, 5.74) is 0. The van der Waals surface area contributed by atoms with Gasteiger partial charge in [0, 0.05) is 5.92 Å². The van der Waals surface area contributed by atoms with Gasteiger partial charge < -0.3 is 9.52 Å². The molecule has 1 aliphatic rings. The highest BCUT2D eigenvalue weighted by Crippen LogP contribution is 2.31. The van der Waals surface area contributed by atoms with E-state index in [0.29, 0.717) is 6.04 Å². The summed E-state index contributed by atoms with van der Waals surface area (Å²) in [6.45, 7) is 6.41. The second-order valence-corrected chi connectivity index (χ2v) is 4.82. The first-order valence-corrected chi connectivity index (χ1v) is 6.56. The molecule has 2 heterocycles. The highest BCUT2D eigenvalue weighted by Gasteiger charge is 2.27. The fourth-order valence-electron chi connectivity index (χ4n) is 2.42. The van der Waals surface area contributed by atoms with E-state index in [-0.39, 0.29) is 12.5 Å². The molecule has 2 atom stereocenters. The van der Waals surface area contributed by atoms with E-state index < -0.39 is 0 Å². The van der Waals surface area contributed by atoms with Crippen LogP contribution in [0.1, 0.15) is 56.7 Å². The maximum absolute atomic E-state index is 9.11. The molecule has 1 saturated heterocycles. The second-order valence-electron chi connectivity index (χ2n) is 4.82. The highest BCUT2D eigenvalue weighted by atomic mass is 16.4. The van der Waals surface area contributed by atoms with E-state index in [4.69, 9.17) is 9.52 Å². The standard InChI is InChI=1S/C13H22N2O2/c1-3-15-7-5-4-6-11(15)13-14-8-12(17-13)10(2)9-16/h8,10-11,16H,3-7,9H2,1-2H3. The molecule has 0 aliphatic carbocycles. The molecule has 0 spiro atoms.